The number of thiazole rings is 1. The standard InChI is InChI=1S/C13H16N2OS/c1-9(2)7-11-5-4-6-15(12(11)16)13-14-8-10(3)17-13/h4-6,8-9H,7H2,1-3H3. The van der Waals surface area contributed by atoms with Gasteiger partial charge in [0.1, 0.15) is 0 Å². The van der Waals surface area contributed by atoms with Crippen molar-refractivity contribution in [2.24, 2.45) is 5.92 Å². The maximum atomic E-state index is 12.2. The third-order valence-corrected chi connectivity index (χ3v) is 3.38. The van der Waals surface area contributed by atoms with Gasteiger partial charge in [0.05, 0.1) is 0 Å². The van der Waals surface area contributed by atoms with E-state index in [0.717, 1.165) is 22.0 Å². The molecule has 0 saturated carbocycles. The second kappa shape index (κ2) is 4.84. The molecular formula is C13H16N2OS. The van der Waals surface area contributed by atoms with E-state index in [1.807, 2.05) is 19.1 Å². The molecule has 0 aliphatic carbocycles. The van der Waals surface area contributed by atoms with Crippen molar-refractivity contribution in [1.29, 1.82) is 0 Å². The summed E-state index contributed by atoms with van der Waals surface area (Å²) in [6, 6.07) is 3.81. The molecule has 0 aromatic carbocycles. The Labute approximate surface area is 105 Å². The minimum Gasteiger partial charge on any atom is -0.269 e. The molecule has 0 amide bonds. The van der Waals surface area contributed by atoms with E-state index in [1.54, 1.807) is 17.0 Å². The van der Waals surface area contributed by atoms with Crippen LogP contribution >= 0.6 is 11.3 Å². The first-order chi connectivity index (χ1) is 8.08. The number of hydrogen-bond acceptors (Lipinski definition) is 3. The SMILES string of the molecule is Cc1cnc(-n2cccc(CC(C)C)c2=O)s1. The molecule has 0 atom stereocenters. The van der Waals surface area contributed by atoms with Crippen molar-refractivity contribution in [2.45, 2.75) is 27.2 Å². The van der Waals surface area contributed by atoms with Gasteiger partial charge >= 0.3 is 0 Å². The normalized spacial score (nSPS) is 11.1. The molecule has 2 aromatic heterocycles. The molecule has 90 valence electrons. The van der Waals surface area contributed by atoms with Crippen molar-refractivity contribution in [3.05, 3.63) is 45.3 Å². The maximum absolute atomic E-state index is 12.2. The van der Waals surface area contributed by atoms with Gasteiger partial charge in [-0.2, -0.15) is 0 Å². The van der Waals surface area contributed by atoms with Crippen LogP contribution in [0.3, 0.4) is 0 Å². The molecule has 0 N–H and O–H groups in total. The van der Waals surface area contributed by atoms with Crippen molar-refractivity contribution in [3.63, 3.8) is 0 Å². The number of nitrogens with zero attached hydrogens (tertiary/aromatic N) is 2. The van der Waals surface area contributed by atoms with Gasteiger partial charge in [-0.05, 0) is 25.3 Å². The fourth-order valence-corrected chi connectivity index (χ4v) is 2.48. The zero-order valence-corrected chi connectivity index (χ0v) is 11.1. The summed E-state index contributed by atoms with van der Waals surface area (Å²) in [5.41, 5.74) is 0.908. The van der Waals surface area contributed by atoms with Crippen molar-refractivity contribution < 1.29 is 0 Å². The van der Waals surface area contributed by atoms with E-state index >= 15 is 0 Å². The van der Waals surface area contributed by atoms with E-state index in [-0.39, 0.29) is 5.56 Å². The highest BCUT2D eigenvalue weighted by atomic mass is 32.1. The first-order valence-corrected chi connectivity index (χ1v) is 6.53. The predicted molar refractivity (Wildman–Crippen MR) is 71.0 cm³/mol. The molecule has 0 saturated heterocycles. The van der Waals surface area contributed by atoms with Gasteiger partial charge in [-0.15, -0.1) is 11.3 Å². The molecule has 0 fully saturated rings. The van der Waals surface area contributed by atoms with Gasteiger partial charge in [0, 0.05) is 22.8 Å². The van der Waals surface area contributed by atoms with Crippen LogP contribution in [0.2, 0.25) is 0 Å². The molecule has 0 unspecified atom stereocenters. The van der Waals surface area contributed by atoms with E-state index in [1.165, 1.54) is 11.3 Å². The molecule has 17 heavy (non-hydrogen) atoms. The van der Waals surface area contributed by atoms with Gasteiger partial charge in [0.2, 0.25) is 0 Å². The number of aryl methyl sites for hydroxylation is 1. The van der Waals surface area contributed by atoms with Crippen LogP contribution in [-0.2, 0) is 6.42 Å². The Morgan fingerprint density at radius 2 is 2.24 bits per heavy atom. The molecule has 0 radical (unpaired) electrons. The van der Waals surface area contributed by atoms with Gasteiger partial charge in [0.25, 0.3) is 5.56 Å². The monoisotopic (exact) mass is 248 g/mol. The maximum Gasteiger partial charge on any atom is 0.260 e. The van der Waals surface area contributed by atoms with E-state index in [0.29, 0.717) is 5.92 Å². The van der Waals surface area contributed by atoms with Crippen LogP contribution in [0, 0.1) is 12.8 Å². The molecule has 0 spiro atoms. The van der Waals surface area contributed by atoms with Crippen LogP contribution in [0.5, 0.6) is 0 Å². The molecule has 2 rings (SSSR count). The zero-order chi connectivity index (χ0) is 12.4. The van der Waals surface area contributed by atoms with Crippen LogP contribution in [-0.4, -0.2) is 9.55 Å². The first kappa shape index (κ1) is 12.0. The molecule has 2 heterocycles. The van der Waals surface area contributed by atoms with E-state index < -0.39 is 0 Å². The lowest BCUT2D eigenvalue weighted by Crippen LogP contribution is -2.22. The summed E-state index contributed by atoms with van der Waals surface area (Å²) in [5.74, 6) is 0.483. The summed E-state index contributed by atoms with van der Waals surface area (Å²) in [7, 11) is 0. The molecule has 0 aliphatic rings. The number of pyridine rings is 1. The summed E-state index contributed by atoms with van der Waals surface area (Å²) in [4.78, 5) is 17.6. The van der Waals surface area contributed by atoms with Crippen LogP contribution in [0.25, 0.3) is 5.13 Å². The third kappa shape index (κ3) is 2.64. The van der Waals surface area contributed by atoms with E-state index in [9.17, 15) is 4.79 Å². The summed E-state index contributed by atoms with van der Waals surface area (Å²) in [5, 5.41) is 0.748. The fourth-order valence-electron chi connectivity index (χ4n) is 1.74. The largest absolute Gasteiger partial charge is 0.269 e. The number of rotatable bonds is 3. The van der Waals surface area contributed by atoms with Crippen molar-refractivity contribution in [1.82, 2.24) is 9.55 Å². The highest BCUT2D eigenvalue weighted by molar-refractivity contribution is 7.13. The minimum atomic E-state index is 0.0514. The lowest BCUT2D eigenvalue weighted by atomic mass is 10.0. The molecular weight excluding hydrogens is 232 g/mol. The lowest BCUT2D eigenvalue weighted by molar-refractivity contribution is 0.639. The Bertz CT molecular complexity index is 569. The Hall–Kier alpha value is -1.42. The summed E-state index contributed by atoms with van der Waals surface area (Å²) in [6.45, 7) is 6.22. The Morgan fingerprint density at radius 1 is 1.47 bits per heavy atom. The highest BCUT2D eigenvalue weighted by Gasteiger charge is 2.08. The van der Waals surface area contributed by atoms with Crippen LogP contribution in [0.1, 0.15) is 24.3 Å². The van der Waals surface area contributed by atoms with Crippen molar-refractivity contribution in [3.8, 4) is 5.13 Å². The highest BCUT2D eigenvalue weighted by Crippen LogP contribution is 2.14. The minimum absolute atomic E-state index is 0.0514. The van der Waals surface area contributed by atoms with Crippen LogP contribution in [0.4, 0.5) is 0 Å². The Kier molecular flexibility index (Phi) is 3.43. The third-order valence-electron chi connectivity index (χ3n) is 2.47. The van der Waals surface area contributed by atoms with Gasteiger partial charge in [0.15, 0.2) is 5.13 Å². The molecule has 3 nitrogen and oxygen atoms in total. The average Bonchev–Trinajstić information content (AvgIpc) is 2.67. The number of hydrogen-bond donors (Lipinski definition) is 0. The number of aromatic nitrogens is 2. The first-order valence-electron chi connectivity index (χ1n) is 5.71. The second-order valence-corrected chi connectivity index (χ2v) is 5.77. The summed E-state index contributed by atoms with van der Waals surface area (Å²) in [6.07, 6.45) is 4.38. The van der Waals surface area contributed by atoms with Gasteiger partial charge in [-0.3, -0.25) is 9.36 Å². The van der Waals surface area contributed by atoms with Crippen molar-refractivity contribution >= 4 is 11.3 Å². The predicted octanol–water partition coefficient (Wildman–Crippen LogP) is 2.80. The van der Waals surface area contributed by atoms with Crippen LogP contribution in [0.15, 0.2) is 29.3 Å². The summed E-state index contributed by atoms with van der Waals surface area (Å²) >= 11 is 1.53. The van der Waals surface area contributed by atoms with Gasteiger partial charge in [-0.25, -0.2) is 4.98 Å². The van der Waals surface area contributed by atoms with E-state index in [4.69, 9.17) is 0 Å². The van der Waals surface area contributed by atoms with Crippen molar-refractivity contribution in [2.75, 3.05) is 0 Å². The van der Waals surface area contributed by atoms with Crippen LogP contribution < -0.4 is 5.56 Å². The average molecular weight is 248 g/mol. The van der Waals surface area contributed by atoms with E-state index in [2.05, 4.69) is 18.8 Å². The fraction of sp³-hybridized carbons (Fsp3) is 0.385. The summed E-state index contributed by atoms with van der Waals surface area (Å²) < 4.78 is 1.63. The Morgan fingerprint density at radius 3 is 2.82 bits per heavy atom. The topological polar surface area (TPSA) is 34.9 Å². The smallest absolute Gasteiger partial charge is 0.260 e. The zero-order valence-electron chi connectivity index (χ0n) is 10.3. The van der Waals surface area contributed by atoms with Gasteiger partial charge < -0.3 is 0 Å². The molecule has 0 aliphatic heterocycles. The lowest BCUT2D eigenvalue weighted by Gasteiger charge is -2.06. The second-order valence-electron chi connectivity index (χ2n) is 4.56. The molecule has 2 aromatic rings. The molecule has 0 bridgehead atoms. The Balaban J connectivity index is 2.46. The quantitative estimate of drug-likeness (QED) is 0.837. The van der Waals surface area contributed by atoms with Gasteiger partial charge in [-0.1, -0.05) is 19.9 Å². The molecule has 4 heteroatoms.